The molecule has 1 aromatic heterocycles. The van der Waals surface area contributed by atoms with E-state index in [0.717, 1.165) is 0 Å². The molecule has 0 saturated heterocycles. The number of ether oxygens (including phenoxy) is 2. The smallest absolute Gasteiger partial charge is 0.387 e. The Kier molecular flexibility index (Phi) is 5.64. The number of carbonyl (C=O) groups is 2. The summed E-state index contributed by atoms with van der Waals surface area (Å²) in [5.74, 6) is -2.09. The first-order chi connectivity index (χ1) is 13.4. The first kappa shape index (κ1) is 19.0. The van der Waals surface area contributed by atoms with E-state index < -0.39 is 30.7 Å². The highest BCUT2D eigenvalue weighted by Gasteiger charge is 2.17. The zero-order valence-corrected chi connectivity index (χ0v) is 14.2. The summed E-state index contributed by atoms with van der Waals surface area (Å²) < 4.78 is 38.9. The number of rotatable bonds is 6. The Morgan fingerprint density at radius 3 is 2.57 bits per heavy atom. The number of fused-ring (bicyclic) bond motifs is 1. The van der Waals surface area contributed by atoms with Crippen molar-refractivity contribution in [3.63, 3.8) is 0 Å². The summed E-state index contributed by atoms with van der Waals surface area (Å²) in [6, 6.07) is 13.4. The summed E-state index contributed by atoms with van der Waals surface area (Å²) >= 11 is 0. The minimum absolute atomic E-state index is 0.0194. The van der Waals surface area contributed by atoms with Gasteiger partial charge in [0.2, 0.25) is 0 Å². The van der Waals surface area contributed by atoms with Crippen LogP contribution in [0.4, 0.5) is 14.5 Å². The van der Waals surface area contributed by atoms with E-state index >= 15 is 0 Å². The number of anilines is 1. The second-order valence-electron chi connectivity index (χ2n) is 5.48. The molecule has 1 N–H and O–H groups in total. The molecule has 3 rings (SSSR count). The first-order valence-electron chi connectivity index (χ1n) is 7.98. The fourth-order valence-electron chi connectivity index (χ4n) is 2.37. The number of hydrogen-bond acceptors (Lipinski definition) is 6. The van der Waals surface area contributed by atoms with Crippen LogP contribution >= 0.6 is 0 Å². The largest absolute Gasteiger partial charge is 0.452 e. The van der Waals surface area contributed by atoms with Gasteiger partial charge in [-0.3, -0.25) is 4.79 Å². The van der Waals surface area contributed by atoms with Crippen molar-refractivity contribution >= 4 is 28.5 Å². The normalized spacial score (nSPS) is 10.7. The lowest BCUT2D eigenvalue weighted by Crippen LogP contribution is -2.24. The van der Waals surface area contributed by atoms with Crippen LogP contribution in [0.3, 0.4) is 0 Å². The van der Waals surface area contributed by atoms with Gasteiger partial charge in [-0.1, -0.05) is 30.3 Å². The Morgan fingerprint density at radius 2 is 1.79 bits per heavy atom. The number of esters is 1. The average molecular weight is 389 g/mol. The quantitative estimate of drug-likeness (QED) is 0.514. The second kappa shape index (κ2) is 8.30. The van der Waals surface area contributed by atoms with Crippen molar-refractivity contribution in [2.24, 2.45) is 0 Å². The van der Waals surface area contributed by atoms with Gasteiger partial charge in [0.05, 0.1) is 5.69 Å². The molecule has 0 bridgehead atoms. The monoisotopic (exact) mass is 389 g/mol. The number of benzene rings is 2. The van der Waals surface area contributed by atoms with E-state index in [-0.39, 0.29) is 17.0 Å². The van der Waals surface area contributed by atoms with Gasteiger partial charge in [-0.15, -0.1) is 0 Å². The Morgan fingerprint density at radius 1 is 1.07 bits per heavy atom. The van der Waals surface area contributed by atoms with Crippen molar-refractivity contribution in [3.05, 3.63) is 70.6 Å². The van der Waals surface area contributed by atoms with E-state index in [1.54, 1.807) is 24.3 Å². The van der Waals surface area contributed by atoms with Gasteiger partial charge in [0.1, 0.15) is 16.9 Å². The van der Waals surface area contributed by atoms with Crippen LogP contribution in [0.15, 0.2) is 63.8 Å². The summed E-state index contributed by atoms with van der Waals surface area (Å²) in [6.07, 6.45) is 0. The molecule has 9 heteroatoms. The van der Waals surface area contributed by atoms with Gasteiger partial charge in [-0.2, -0.15) is 8.78 Å². The van der Waals surface area contributed by atoms with Crippen LogP contribution in [0.5, 0.6) is 5.75 Å². The van der Waals surface area contributed by atoms with Crippen LogP contribution in [0, 0.1) is 0 Å². The van der Waals surface area contributed by atoms with E-state index in [2.05, 4.69) is 10.1 Å². The van der Waals surface area contributed by atoms with Crippen LogP contribution in [-0.4, -0.2) is 25.1 Å². The molecule has 0 unspecified atom stereocenters. The van der Waals surface area contributed by atoms with Crippen LogP contribution in [0.2, 0.25) is 0 Å². The molecular formula is C19H13F2NO6. The molecule has 0 saturated carbocycles. The summed E-state index contributed by atoms with van der Waals surface area (Å²) in [7, 11) is 0. The van der Waals surface area contributed by atoms with Gasteiger partial charge in [-0.05, 0) is 24.3 Å². The molecule has 144 valence electrons. The summed E-state index contributed by atoms with van der Waals surface area (Å²) in [4.78, 5) is 35.9. The van der Waals surface area contributed by atoms with Crippen molar-refractivity contribution in [3.8, 4) is 5.75 Å². The van der Waals surface area contributed by atoms with Crippen molar-refractivity contribution in [1.82, 2.24) is 0 Å². The lowest BCUT2D eigenvalue weighted by molar-refractivity contribution is -0.119. The zero-order valence-electron chi connectivity index (χ0n) is 14.2. The molecule has 0 aliphatic heterocycles. The molecule has 0 atom stereocenters. The number of para-hydroxylation sites is 3. The Hall–Kier alpha value is -3.75. The van der Waals surface area contributed by atoms with Gasteiger partial charge in [0.15, 0.2) is 6.61 Å². The number of carbonyl (C=O) groups excluding carboxylic acids is 2. The number of halogens is 2. The first-order valence-corrected chi connectivity index (χ1v) is 7.98. The molecule has 0 radical (unpaired) electrons. The van der Waals surface area contributed by atoms with Crippen molar-refractivity contribution in [1.29, 1.82) is 0 Å². The summed E-state index contributed by atoms with van der Waals surface area (Å²) in [5.41, 5.74) is -0.987. The minimum atomic E-state index is -3.07. The molecule has 0 aliphatic rings. The minimum Gasteiger partial charge on any atom is -0.452 e. The fraction of sp³-hybridized carbons (Fsp3) is 0.105. The van der Waals surface area contributed by atoms with E-state index in [1.807, 2.05) is 0 Å². The predicted molar refractivity (Wildman–Crippen MR) is 94.5 cm³/mol. The maximum absolute atomic E-state index is 12.4. The lowest BCUT2D eigenvalue weighted by atomic mass is 10.2. The molecular weight excluding hydrogens is 376 g/mol. The third kappa shape index (κ3) is 4.50. The molecule has 0 fully saturated rings. The molecule has 1 amide bonds. The van der Waals surface area contributed by atoms with Gasteiger partial charge < -0.3 is 19.2 Å². The Labute approximate surface area is 156 Å². The molecule has 3 aromatic rings. The van der Waals surface area contributed by atoms with E-state index in [1.165, 1.54) is 30.3 Å². The van der Waals surface area contributed by atoms with Gasteiger partial charge in [0.25, 0.3) is 5.91 Å². The zero-order chi connectivity index (χ0) is 20.1. The molecule has 7 nitrogen and oxygen atoms in total. The predicted octanol–water partition coefficient (Wildman–Crippen LogP) is 3.19. The molecule has 2 aromatic carbocycles. The van der Waals surface area contributed by atoms with Crippen molar-refractivity contribution in [2.45, 2.75) is 6.61 Å². The van der Waals surface area contributed by atoms with Gasteiger partial charge in [-0.25, -0.2) is 9.59 Å². The number of alkyl halides is 2. The molecule has 28 heavy (non-hydrogen) atoms. The summed E-state index contributed by atoms with van der Waals surface area (Å²) in [6.45, 7) is -3.81. The fourth-order valence-corrected chi connectivity index (χ4v) is 2.37. The van der Waals surface area contributed by atoms with E-state index in [0.29, 0.717) is 11.0 Å². The highest BCUT2D eigenvalue weighted by molar-refractivity contribution is 5.97. The Bertz CT molecular complexity index is 1080. The van der Waals surface area contributed by atoms with Crippen LogP contribution in [-0.2, 0) is 9.53 Å². The van der Waals surface area contributed by atoms with Gasteiger partial charge >= 0.3 is 18.2 Å². The average Bonchev–Trinajstić information content (AvgIpc) is 2.66. The van der Waals surface area contributed by atoms with Gasteiger partial charge in [0, 0.05) is 5.39 Å². The second-order valence-corrected chi connectivity index (χ2v) is 5.48. The van der Waals surface area contributed by atoms with E-state index in [4.69, 9.17) is 9.15 Å². The van der Waals surface area contributed by atoms with Crippen molar-refractivity contribution in [2.75, 3.05) is 11.9 Å². The van der Waals surface area contributed by atoms with Crippen molar-refractivity contribution < 1.29 is 32.3 Å². The molecule has 1 heterocycles. The Balaban J connectivity index is 1.66. The van der Waals surface area contributed by atoms with Crippen LogP contribution < -0.4 is 15.7 Å². The highest BCUT2D eigenvalue weighted by Crippen LogP contribution is 2.25. The SMILES string of the molecule is O=C(COC(=O)c1cc2ccccc2oc1=O)Nc1ccccc1OC(F)F. The lowest BCUT2D eigenvalue weighted by Gasteiger charge is -2.11. The third-order valence-corrected chi connectivity index (χ3v) is 3.57. The van der Waals surface area contributed by atoms with Crippen LogP contribution in [0.1, 0.15) is 10.4 Å². The standard InChI is InChI=1S/C19H13F2NO6/c20-19(21)28-15-8-4-2-6-13(15)22-16(23)10-26-17(24)12-9-11-5-1-3-7-14(11)27-18(12)25/h1-9,19H,10H2,(H,22,23). The number of amides is 1. The topological polar surface area (TPSA) is 94.8 Å². The number of hydrogen-bond donors (Lipinski definition) is 1. The third-order valence-electron chi connectivity index (χ3n) is 3.57. The van der Waals surface area contributed by atoms with Crippen LogP contribution in [0.25, 0.3) is 11.0 Å². The number of nitrogens with one attached hydrogen (secondary N) is 1. The molecule has 0 spiro atoms. The highest BCUT2D eigenvalue weighted by atomic mass is 19.3. The van der Waals surface area contributed by atoms with E-state index in [9.17, 15) is 23.2 Å². The maximum Gasteiger partial charge on any atom is 0.387 e. The summed E-state index contributed by atoms with van der Waals surface area (Å²) in [5, 5.41) is 2.80. The molecule has 0 aliphatic carbocycles. The maximum atomic E-state index is 12.4.